The molecule has 2 heteroatoms. The maximum Gasteiger partial charge on any atom is 0.0925 e. The highest BCUT2D eigenvalue weighted by Crippen LogP contribution is 2.46. The third kappa shape index (κ3) is 2.79. The lowest BCUT2D eigenvalue weighted by Gasteiger charge is -2.34. The summed E-state index contributed by atoms with van der Waals surface area (Å²) in [6.45, 7) is 9.16. The number of nitrogens with zero attached hydrogens (tertiary/aromatic N) is 1. The molecule has 1 aliphatic rings. The van der Waals surface area contributed by atoms with Crippen molar-refractivity contribution in [3.63, 3.8) is 0 Å². The van der Waals surface area contributed by atoms with Crippen LogP contribution in [0.4, 0.5) is 0 Å². The number of rotatable bonds is 2. The lowest BCUT2D eigenvalue weighted by Crippen LogP contribution is -2.24. The van der Waals surface area contributed by atoms with Crippen LogP contribution in [-0.2, 0) is 0 Å². The zero-order valence-electron chi connectivity index (χ0n) is 9.97. The van der Waals surface area contributed by atoms with Crippen molar-refractivity contribution in [3.8, 4) is 0 Å². The minimum Gasteiger partial charge on any atom is -0.151 e. The normalized spacial score (nSPS) is 37.6. The molecule has 2 atom stereocenters. The van der Waals surface area contributed by atoms with Crippen LogP contribution in [0.2, 0.25) is 0 Å². The highest BCUT2D eigenvalue weighted by Gasteiger charge is 2.37. The average molecular weight is 197 g/mol. The van der Waals surface area contributed by atoms with Gasteiger partial charge >= 0.3 is 0 Å². The van der Waals surface area contributed by atoms with Gasteiger partial charge in [-0.1, -0.05) is 39.3 Å². The van der Waals surface area contributed by atoms with Crippen LogP contribution in [0.25, 0.3) is 0 Å². The predicted molar refractivity (Wildman–Crippen MR) is 60.2 cm³/mol. The molecule has 0 aromatic carbocycles. The fraction of sp³-hybridized carbons (Fsp3) is 1.00. The van der Waals surface area contributed by atoms with E-state index in [0.717, 1.165) is 25.7 Å². The summed E-state index contributed by atoms with van der Waals surface area (Å²) in [4.78, 5) is 10.7. The molecule has 0 radical (unpaired) electrons. The molecular formula is C12H23NO. The third-order valence-corrected chi connectivity index (χ3v) is 3.79. The van der Waals surface area contributed by atoms with Crippen LogP contribution in [0.5, 0.6) is 0 Å². The van der Waals surface area contributed by atoms with Gasteiger partial charge in [-0.15, -0.1) is 0 Å². The van der Waals surface area contributed by atoms with E-state index in [0.29, 0.717) is 10.8 Å². The Morgan fingerprint density at radius 3 is 2.50 bits per heavy atom. The van der Waals surface area contributed by atoms with Crippen LogP contribution >= 0.6 is 0 Å². The zero-order chi connectivity index (χ0) is 10.8. The van der Waals surface area contributed by atoms with Crippen LogP contribution in [0.15, 0.2) is 5.18 Å². The largest absolute Gasteiger partial charge is 0.151 e. The van der Waals surface area contributed by atoms with E-state index in [1.165, 1.54) is 6.42 Å². The molecule has 2 nitrogen and oxygen atoms in total. The van der Waals surface area contributed by atoms with Crippen LogP contribution in [0, 0.1) is 15.7 Å². The fourth-order valence-corrected chi connectivity index (χ4v) is 2.90. The van der Waals surface area contributed by atoms with Gasteiger partial charge in [-0.2, -0.15) is 4.91 Å². The lowest BCUT2D eigenvalue weighted by molar-refractivity contribution is 0.172. The first kappa shape index (κ1) is 11.7. The number of hydrogen-bond donors (Lipinski definition) is 0. The monoisotopic (exact) mass is 197 g/mol. The Morgan fingerprint density at radius 1 is 1.36 bits per heavy atom. The first-order valence-electron chi connectivity index (χ1n) is 5.73. The standard InChI is InChI=1S/C12H23NO/c1-5-12(4)8-10(13-14)6-7-11(2,3)9-12/h10H,5-9H2,1-4H3/t10?,12-/m1/s1. The maximum absolute atomic E-state index is 10.7. The summed E-state index contributed by atoms with van der Waals surface area (Å²) in [7, 11) is 0. The molecule has 0 amide bonds. The smallest absolute Gasteiger partial charge is 0.0925 e. The average Bonchev–Trinajstić information content (AvgIpc) is 2.22. The maximum atomic E-state index is 10.7. The fourth-order valence-electron chi connectivity index (χ4n) is 2.90. The Morgan fingerprint density at radius 2 is 2.00 bits per heavy atom. The van der Waals surface area contributed by atoms with Crippen molar-refractivity contribution in [3.05, 3.63) is 4.91 Å². The molecule has 1 rings (SSSR count). The van der Waals surface area contributed by atoms with Crippen molar-refractivity contribution in [1.82, 2.24) is 0 Å². The van der Waals surface area contributed by atoms with Crippen molar-refractivity contribution >= 4 is 0 Å². The van der Waals surface area contributed by atoms with Gasteiger partial charge in [0.2, 0.25) is 0 Å². The van der Waals surface area contributed by atoms with Gasteiger partial charge in [0.1, 0.15) is 0 Å². The van der Waals surface area contributed by atoms with Crippen molar-refractivity contribution in [2.24, 2.45) is 16.0 Å². The predicted octanol–water partition coefficient (Wildman–Crippen LogP) is 4.14. The number of hydrogen-bond acceptors (Lipinski definition) is 2. The van der Waals surface area contributed by atoms with Crippen LogP contribution < -0.4 is 0 Å². The van der Waals surface area contributed by atoms with Crippen molar-refractivity contribution in [1.29, 1.82) is 0 Å². The Hall–Kier alpha value is -0.400. The van der Waals surface area contributed by atoms with Crippen molar-refractivity contribution in [2.75, 3.05) is 0 Å². The minimum absolute atomic E-state index is 0.0572. The van der Waals surface area contributed by atoms with Crippen molar-refractivity contribution < 1.29 is 0 Å². The molecule has 0 aromatic rings. The van der Waals surface area contributed by atoms with E-state index >= 15 is 0 Å². The van der Waals surface area contributed by atoms with Crippen molar-refractivity contribution in [2.45, 2.75) is 65.8 Å². The quantitative estimate of drug-likeness (QED) is 0.483. The Balaban J connectivity index is 2.80. The van der Waals surface area contributed by atoms with Gasteiger partial charge in [0.25, 0.3) is 0 Å². The van der Waals surface area contributed by atoms with E-state index in [1.54, 1.807) is 0 Å². The topological polar surface area (TPSA) is 29.4 Å². The molecule has 0 saturated heterocycles. The second kappa shape index (κ2) is 4.00. The SMILES string of the molecule is CC[C@]1(C)CC(N=O)CCC(C)(C)C1. The van der Waals surface area contributed by atoms with E-state index in [9.17, 15) is 4.91 Å². The third-order valence-electron chi connectivity index (χ3n) is 3.79. The molecule has 0 heterocycles. The summed E-state index contributed by atoms with van der Waals surface area (Å²) in [6, 6.07) is 0.0572. The first-order chi connectivity index (χ1) is 6.41. The van der Waals surface area contributed by atoms with E-state index in [4.69, 9.17) is 0 Å². The second-order valence-electron chi connectivity index (χ2n) is 6.01. The molecule has 1 fully saturated rings. The molecule has 1 saturated carbocycles. The Labute approximate surface area is 87.4 Å². The zero-order valence-corrected chi connectivity index (χ0v) is 9.97. The van der Waals surface area contributed by atoms with E-state index < -0.39 is 0 Å². The summed E-state index contributed by atoms with van der Waals surface area (Å²) in [5.74, 6) is 0. The van der Waals surface area contributed by atoms with E-state index in [1.807, 2.05) is 0 Å². The molecule has 1 aliphatic carbocycles. The molecule has 0 aliphatic heterocycles. The molecular weight excluding hydrogens is 174 g/mol. The van der Waals surface area contributed by atoms with Gasteiger partial charge in [0.05, 0.1) is 6.04 Å². The van der Waals surface area contributed by atoms with Crippen LogP contribution in [-0.4, -0.2) is 6.04 Å². The second-order valence-corrected chi connectivity index (χ2v) is 6.01. The minimum atomic E-state index is 0.0572. The number of nitroso groups, excluding NO2 is 1. The van der Waals surface area contributed by atoms with E-state index in [-0.39, 0.29) is 6.04 Å². The first-order valence-corrected chi connectivity index (χ1v) is 5.73. The van der Waals surface area contributed by atoms with Gasteiger partial charge in [-0.05, 0) is 36.5 Å². The Bertz CT molecular complexity index is 212. The highest BCUT2D eigenvalue weighted by molar-refractivity contribution is 4.90. The Kier molecular flexibility index (Phi) is 3.33. The molecule has 82 valence electrons. The molecule has 14 heavy (non-hydrogen) atoms. The molecule has 0 spiro atoms. The van der Waals surface area contributed by atoms with Gasteiger partial charge in [-0.25, -0.2) is 0 Å². The summed E-state index contributed by atoms with van der Waals surface area (Å²) in [6.07, 6.45) is 5.48. The van der Waals surface area contributed by atoms with Crippen LogP contribution in [0.1, 0.15) is 59.8 Å². The summed E-state index contributed by atoms with van der Waals surface area (Å²) in [5.41, 5.74) is 0.697. The van der Waals surface area contributed by atoms with E-state index in [2.05, 4.69) is 32.9 Å². The lowest BCUT2D eigenvalue weighted by atomic mass is 9.71. The highest BCUT2D eigenvalue weighted by atomic mass is 16.3. The molecule has 0 bridgehead atoms. The van der Waals surface area contributed by atoms with Gasteiger partial charge < -0.3 is 0 Å². The van der Waals surface area contributed by atoms with Gasteiger partial charge in [-0.3, -0.25) is 0 Å². The van der Waals surface area contributed by atoms with Gasteiger partial charge in [0.15, 0.2) is 0 Å². The molecule has 0 aromatic heterocycles. The molecule has 1 unspecified atom stereocenters. The molecule has 0 N–H and O–H groups in total. The van der Waals surface area contributed by atoms with Gasteiger partial charge in [0, 0.05) is 0 Å². The summed E-state index contributed by atoms with van der Waals surface area (Å²) >= 11 is 0. The summed E-state index contributed by atoms with van der Waals surface area (Å²) in [5, 5.41) is 3.27. The summed E-state index contributed by atoms with van der Waals surface area (Å²) < 4.78 is 0. The van der Waals surface area contributed by atoms with Crippen LogP contribution in [0.3, 0.4) is 0 Å².